The molecule has 2 aromatic rings. The van der Waals surface area contributed by atoms with Crippen LogP contribution in [0.15, 0.2) is 36.5 Å². The Hall–Kier alpha value is -2.90. The van der Waals surface area contributed by atoms with Gasteiger partial charge in [0, 0.05) is 6.07 Å². The molecule has 1 heterocycles. The third kappa shape index (κ3) is 4.59. The van der Waals surface area contributed by atoms with Gasteiger partial charge < -0.3 is 14.8 Å². The molecule has 1 aliphatic rings. The van der Waals surface area contributed by atoms with Crippen molar-refractivity contribution in [2.24, 2.45) is 0 Å². The molecule has 0 aliphatic heterocycles. The number of para-hydroxylation sites is 1. The van der Waals surface area contributed by atoms with Crippen LogP contribution in [-0.4, -0.2) is 34.9 Å². The lowest BCUT2D eigenvalue weighted by atomic mass is 10.2. The van der Waals surface area contributed by atoms with E-state index in [2.05, 4.69) is 10.4 Å². The maximum Gasteiger partial charge on any atom is 0.344 e. The summed E-state index contributed by atoms with van der Waals surface area (Å²) in [5, 5.41) is 6.95. The van der Waals surface area contributed by atoms with Crippen LogP contribution >= 0.6 is 0 Å². The van der Waals surface area contributed by atoms with Crippen molar-refractivity contribution in [1.82, 2.24) is 9.78 Å². The number of nitrogens with one attached hydrogen (secondary N) is 1. The fraction of sp³-hybridized carbons (Fsp3) is 0.389. The zero-order valence-electron chi connectivity index (χ0n) is 14.2. The first-order valence-electron chi connectivity index (χ1n) is 8.50. The summed E-state index contributed by atoms with van der Waals surface area (Å²) in [6.07, 6.45) is 6.00. The highest BCUT2D eigenvalue weighted by Crippen LogP contribution is 2.31. The molecule has 0 bridgehead atoms. The van der Waals surface area contributed by atoms with Crippen molar-refractivity contribution in [2.45, 2.75) is 31.7 Å². The van der Waals surface area contributed by atoms with Gasteiger partial charge in [0.2, 0.25) is 0 Å². The molecule has 26 heavy (non-hydrogen) atoms. The molecule has 1 aromatic heterocycles. The van der Waals surface area contributed by atoms with Crippen LogP contribution in [0, 0.1) is 5.82 Å². The fourth-order valence-electron chi connectivity index (χ4n) is 2.92. The predicted molar refractivity (Wildman–Crippen MR) is 91.2 cm³/mol. The molecule has 1 aromatic carbocycles. The number of benzene rings is 1. The molecule has 7 nitrogen and oxygen atoms in total. The number of halogens is 1. The summed E-state index contributed by atoms with van der Waals surface area (Å²) >= 11 is 0. The number of amides is 1. The standard InChI is InChI=1S/C18H20FN3O4/c19-14-7-3-4-8-15(14)25-12-18(24)26-11-17(23)21-16-9-10-20-22(16)13-5-1-2-6-13/h3-4,7-10,13H,1-2,5-6,11-12H2,(H,21,23). The predicted octanol–water partition coefficient (Wildman–Crippen LogP) is 2.70. The second kappa shape index (κ2) is 8.46. The van der Waals surface area contributed by atoms with E-state index in [9.17, 15) is 14.0 Å². The van der Waals surface area contributed by atoms with Crippen molar-refractivity contribution in [3.8, 4) is 5.75 Å². The number of ether oxygens (including phenoxy) is 2. The largest absolute Gasteiger partial charge is 0.479 e. The van der Waals surface area contributed by atoms with Gasteiger partial charge in [0.1, 0.15) is 5.82 Å². The summed E-state index contributed by atoms with van der Waals surface area (Å²) in [5.74, 6) is -1.26. The number of hydrogen-bond donors (Lipinski definition) is 1. The first-order chi connectivity index (χ1) is 12.6. The van der Waals surface area contributed by atoms with E-state index in [0.29, 0.717) is 5.82 Å². The maximum atomic E-state index is 13.4. The summed E-state index contributed by atoms with van der Waals surface area (Å²) in [6, 6.07) is 7.73. The van der Waals surface area contributed by atoms with Crippen molar-refractivity contribution < 1.29 is 23.5 Å². The van der Waals surface area contributed by atoms with Gasteiger partial charge in [0.25, 0.3) is 5.91 Å². The second-order valence-corrected chi connectivity index (χ2v) is 6.03. The number of aromatic nitrogens is 2. The SMILES string of the molecule is O=C(COC(=O)COc1ccccc1F)Nc1ccnn1C1CCCC1. The van der Waals surface area contributed by atoms with Crippen LogP contribution in [0.25, 0.3) is 0 Å². The van der Waals surface area contributed by atoms with E-state index in [0.717, 1.165) is 25.7 Å². The summed E-state index contributed by atoms with van der Waals surface area (Å²) < 4.78 is 25.1. The molecule has 8 heteroatoms. The van der Waals surface area contributed by atoms with E-state index in [4.69, 9.17) is 9.47 Å². The topological polar surface area (TPSA) is 82.5 Å². The van der Waals surface area contributed by atoms with Crippen molar-refractivity contribution in [2.75, 3.05) is 18.5 Å². The van der Waals surface area contributed by atoms with E-state index in [-0.39, 0.29) is 11.8 Å². The highest BCUT2D eigenvalue weighted by molar-refractivity contribution is 5.92. The van der Waals surface area contributed by atoms with Gasteiger partial charge in [-0.3, -0.25) is 4.79 Å². The van der Waals surface area contributed by atoms with Crippen LogP contribution < -0.4 is 10.1 Å². The molecule has 3 rings (SSSR count). The summed E-state index contributed by atoms with van der Waals surface area (Å²) in [5.41, 5.74) is 0. The van der Waals surface area contributed by atoms with Gasteiger partial charge in [0.15, 0.2) is 24.8 Å². The zero-order chi connectivity index (χ0) is 18.4. The van der Waals surface area contributed by atoms with E-state index in [1.807, 2.05) is 0 Å². The van der Waals surface area contributed by atoms with Gasteiger partial charge in [-0.1, -0.05) is 25.0 Å². The molecule has 1 saturated carbocycles. The highest BCUT2D eigenvalue weighted by atomic mass is 19.1. The molecule has 138 valence electrons. The van der Waals surface area contributed by atoms with Crippen LogP contribution in [0.1, 0.15) is 31.7 Å². The number of esters is 1. The van der Waals surface area contributed by atoms with Crippen LogP contribution in [0.3, 0.4) is 0 Å². The first kappa shape index (κ1) is 17.9. The lowest BCUT2D eigenvalue weighted by Gasteiger charge is -2.14. The Morgan fingerprint density at radius 1 is 1.19 bits per heavy atom. The third-order valence-electron chi connectivity index (χ3n) is 4.15. The minimum Gasteiger partial charge on any atom is -0.479 e. The number of nitrogens with zero attached hydrogens (tertiary/aromatic N) is 2. The van der Waals surface area contributed by atoms with Gasteiger partial charge in [0.05, 0.1) is 12.2 Å². The Labute approximate surface area is 150 Å². The van der Waals surface area contributed by atoms with Gasteiger partial charge >= 0.3 is 5.97 Å². The molecular weight excluding hydrogens is 341 g/mol. The van der Waals surface area contributed by atoms with E-state index < -0.39 is 30.9 Å². The number of carbonyl (C=O) groups is 2. The Morgan fingerprint density at radius 2 is 1.96 bits per heavy atom. The first-order valence-corrected chi connectivity index (χ1v) is 8.50. The summed E-state index contributed by atoms with van der Waals surface area (Å²) in [6.45, 7) is -0.927. The highest BCUT2D eigenvalue weighted by Gasteiger charge is 2.20. The van der Waals surface area contributed by atoms with Gasteiger partial charge in [-0.25, -0.2) is 13.9 Å². The molecule has 1 N–H and O–H groups in total. The quantitative estimate of drug-likeness (QED) is 0.767. The van der Waals surface area contributed by atoms with Gasteiger partial charge in [-0.15, -0.1) is 0 Å². The second-order valence-electron chi connectivity index (χ2n) is 6.03. The number of rotatable bonds is 7. The molecule has 0 unspecified atom stereocenters. The Balaban J connectivity index is 1.43. The molecule has 1 fully saturated rings. The van der Waals surface area contributed by atoms with Gasteiger partial charge in [-0.2, -0.15) is 5.10 Å². The smallest absolute Gasteiger partial charge is 0.344 e. The summed E-state index contributed by atoms with van der Waals surface area (Å²) in [7, 11) is 0. The van der Waals surface area contributed by atoms with Crippen LogP contribution in [0.2, 0.25) is 0 Å². The van der Waals surface area contributed by atoms with Crippen molar-refractivity contribution in [3.05, 3.63) is 42.3 Å². The maximum absolute atomic E-state index is 13.4. The monoisotopic (exact) mass is 361 g/mol. The third-order valence-corrected chi connectivity index (χ3v) is 4.15. The van der Waals surface area contributed by atoms with E-state index in [1.165, 1.54) is 18.2 Å². The van der Waals surface area contributed by atoms with Crippen LogP contribution in [0.4, 0.5) is 10.2 Å². The minimum atomic E-state index is -0.757. The van der Waals surface area contributed by atoms with Crippen molar-refractivity contribution >= 4 is 17.7 Å². The lowest BCUT2D eigenvalue weighted by Crippen LogP contribution is -2.25. The molecule has 0 spiro atoms. The van der Waals surface area contributed by atoms with E-state index >= 15 is 0 Å². The zero-order valence-corrected chi connectivity index (χ0v) is 14.2. The summed E-state index contributed by atoms with van der Waals surface area (Å²) in [4.78, 5) is 23.6. The number of carbonyl (C=O) groups excluding carboxylic acids is 2. The van der Waals surface area contributed by atoms with Crippen LogP contribution in [0.5, 0.6) is 5.75 Å². The Bertz CT molecular complexity index is 771. The normalized spacial score (nSPS) is 14.2. The average molecular weight is 361 g/mol. The fourth-order valence-corrected chi connectivity index (χ4v) is 2.92. The molecule has 1 amide bonds. The number of hydrogen-bond acceptors (Lipinski definition) is 5. The van der Waals surface area contributed by atoms with Crippen LogP contribution in [-0.2, 0) is 14.3 Å². The van der Waals surface area contributed by atoms with Crippen molar-refractivity contribution in [3.63, 3.8) is 0 Å². The molecule has 0 radical (unpaired) electrons. The van der Waals surface area contributed by atoms with Gasteiger partial charge in [-0.05, 0) is 25.0 Å². The number of anilines is 1. The van der Waals surface area contributed by atoms with E-state index in [1.54, 1.807) is 23.0 Å². The molecular formula is C18H20FN3O4. The minimum absolute atomic E-state index is 0.0469. The Morgan fingerprint density at radius 3 is 2.73 bits per heavy atom. The molecule has 0 atom stereocenters. The Kier molecular flexibility index (Phi) is 5.83. The lowest BCUT2D eigenvalue weighted by molar-refractivity contribution is -0.149. The van der Waals surface area contributed by atoms with Crippen molar-refractivity contribution in [1.29, 1.82) is 0 Å². The average Bonchev–Trinajstić information content (AvgIpc) is 3.30. The molecule has 1 aliphatic carbocycles. The molecule has 0 saturated heterocycles.